The minimum Gasteiger partial charge on any atom is -0.478 e. The molecule has 0 radical (unpaired) electrons. The van der Waals surface area contributed by atoms with Crippen LogP contribution >= 0.6 is 0 Å². The van der Waals surface area contributed by atoms with Crippen LogP contribution in [-0.4, -0.2) is 21.8 Å². The molecular formula is C19H25NO3. The van der Waals surface area contributed by atoms with E-state index in [1.54, 1.807) is 13.0 Å². The van der Waals surface area contributed by atoms with Gasteiger partial charge < -0.3 is 10.1 Å². The number of H-pyrrole nitrogens is 1. The predicted octanol–water partition coefficient (Wildman–Crippen LogP) is 4.75. The zero-order valence-electron chi connectivity index (χ0n) is 14.3. The van der Waals surface area contributed by atoms with Crippen molar-refractivity contribution in [3.8, 4) is 0 Å². The first kappa shape index (κ1) is 17.3. The second kappa shape index (κ2) is 6.99. The van der Waals surface area contributed by atoms with E-state index in [0.717, 1.165) is 35.7 Å². The molecule has 2 N–H and O–H groups in total. The van der Waals surface area contributed by atoms with Crippen LogP contribution in [0.5, 0.6) is 0 Å². The smallest absolute Gasteiger partial charge is 0.335 e. The lowest BCUT2D eigenvalue weighted by Crippen LogP contribution is -2.05. The number of carbonyl (C=O) groups is 2. The summed E-state index contributed by atoms with van der Waals surface area (Å²) in [6, 6.07) is 3.54. The number of carboxylic acids is 1. The molecule has 0 atom stereocenters. The first-order valence-electron chi connectivity index (χ1n) is 8.26. The Hall–Kier alpha value is -2.10. The van der Waals surface area contributed by atoms with Crippen molar-refractivity contribution in [1.29, 1.82) is 0 Å². The number of hydrogen-bond acceptors (Lipinski definition) is 2. The minimum absolute atomic E-state index is 0.119. The summed E-state index contributed by atoms with van der Waals surface area (Å²) in [6.45, 7) is 8.05. The van der Waals surface area contributed by atoms with Gasteiger partial charge in [-0.2, -0.15) is 0 Å². The molecule has 1 heterocycles. The summed E-state index contributed by atoms with van der Waals surface area (Å²) in [5.41, 5.74) is 3.47. The van der Waals surface area contributed by atoms with E-state index in [1.165, 1.54) is 0 Å². The lowest BCUT2D eigenvalue weighted by Gasteiger charge is -2.08. The van der Waals surface area contributed by atoms with Gasteiger partial charge in [0.1, 0.15) is 0 Å². The number of hydrogen-bond donors (Lipinski definition) is 2. The molecule has 0 saturated carbocycles. The molecule has 0 unspecified atom stereocenters. The molecule has 4 heteroatoms. The molecule has 0 amide bonds. The molecule has 2 aromatic rings. The van der Waals surface area contributed by atoms with E-state index in [9.17, 15) is 14.7 Å². The number of benzene rings is 1. The number of ketones is 1. The third kappa shape index (κ3) is 3.63. The summed E-state index contributed by atoms with van der Waals surface area (Å²) < 4.78 is 0. The van der Waals surface area contributed by atoms with Crippen molar-refractivity contribution in [2.75, 3.05) is 0 Å². The first-order valence-corrected chi connectivity index (χ1v) is 8.26. The number of aromatic amines is 1. The third-order valence-corrected chi connectivity index (χ3v) is 4.13. The molecule has 0 bridgehead atoms. The van der Waals surface area contributed by atoms with Crippen molar-refractivity contribution in [3.05, 3.63) is 34.5 Å². The number of carbonyl (C=O) groups excluding carboxylic acids is 1. The maximum atomic E-state index is 12.5. The number of nitrogens with one attached hydrogen (secondary N) is 1. The van der Waals surface area contributed by atoms with Crippen molar-refractivity contribution < 1.29 is 14.7 Å². The van der Waals surface area contributed by atoms with Crippen LogP contribution in [0.2, 0.25) is 0 Å². The maximum Gasteiger partial charge on any atom is 0.335 e. The van der Waals surface area contributed by atoms with Crippen LogP contribution in [0.4, 0.5) is 0 Å². The summed E-state index contributed by atoms with van der Waals surface area (Å²) in [5.74, 6) is -0.422. The summed E-state index contributed by atoms with van der Waals surface area (Å²) in [6.07, 6.45) is 3.14. The van der Waals surface area contributed by atoms with Crippen LogP contribution in [0.3, 0.4) is 0 Å². The molecule has 1 aromatic heterocycles. The highest BCUT2D eigenvalue weighted by Gasteiger charge is 2.20. The molecule has 0 spiro atoms. The van der Waals surface area contributed by atoms with Crippen LogP contribution in [0.25, 0.3) is 10.9 Å². The fraction of sp³-hybridized carbons (Fsp3) is 0.474. The molecule has 23 heavy (non-hydrogen) atoms. The van der Waals surface area contributed by atoms with Crippen molar-refractivity contribution in [2.24, 2.45) is 5.92 Å². The number of unbranched alkanes of at least 4 members (excludes halogenated alkanes) is 1. The van der Waals surface area contributed by atoms with E-state index in [1.807, 2.05) is 6.07 Å². The van der Waals surface area contributed by atoms with Crippen LogP contribution < -0.4 is 0 Å². The highest BCUT2D eigenvalue weighted by atomic mass is 16.4. The van der Waals surface area contributed by atoms with Gasteiger partial charge in [-0.3, -0.25) is 4.79 Å². The van der Waals surface area contributed by atoms with Gasteiger partial charge >= 0.3 is 5.97 Å². The standard InChI is InChI=1S/C19H25NO3/c1-5-6-7-17(21)18-15(8-11(2)3)14-10-13(19(22)23)12(4)9-16(14)20-18/h9-11,20H,5-8H2,1-4H3,(H,22,23). The molecule has 2 rings (SSSR count). The summed E-state index contributed by atoms with van der Waals surface area (Å²) in [4.78, 5) is 27.2. The monoisotopic (exact) mass is 315 g/mol. The Morgan fingerprint density at radius 3 is 2.52 bits per heavy atom. The van der Waals surface area contributed by atoms with Gasteiger partial charge in [-0.25, -0.2) is 4.79 Å². The third-order valence-electron chi connectivity index (χ3n) is 4.13. The molecule has 124 valence electrons. The van der Waals surface area contributed by atoms with Crippen molar-refractivity contribution in [3.63, 3.8) is 0 Å². The fourth-order valence-corrected chi connectivity index (χ4v) is 2.96. The molecule has 0 fully saturated rings. The number of rotatable bonds is 7. The van der Waals surface area contributed by atoms with E-state index in [4.69, 9.17) is 0 Å². The predicted molar refractivity (Wildman–Crippen MR) is 92.4 cm³/mol. The lowest BCUT2D eigenvalue weighted by molar-refractivity contribution is 0.0696. The van der Waals surface area contributed by atoms with Gasteiger partial charge in [0.05, 0.1) is 11.3 Å². The topological polar surface area (TPSA) is 70.2 Å². The van der Waals surface area contributed by atoms with Crippen LogP contribution in [0, 0.1) is 12.8 Å². The van der Waals surface area contributed by atoms with E-state index in [-0.39, 0.29) is 5.78 Å². The Bertz CT molecular complexity index is 741. The van der Waals surface area contributed by atoms with Gasteiger partial charge in [-0.1, -0.05) is 27.2 Å². The summed E-state index contributed by atoms with van der Waals surface area (Å²) in [5, 5.41) is 10.2. The Balaban J connectivity index is 2.62. The quantitative estimate of drug-likeness (QED) is 0.725. The number of Topliss-reactive ketones (excluding diaryl/α,β-unsaturated/α-hetero) is 1. The Morgan fingerprint density at radius 2 is 1.96 bits per heavy atom. The van der Waals surface area contributed by atoms with Gasteiger partial charge in [0.15, 0.2) is 5.78 Å². The van der Waals surface area contributed by atoms with Gasteiger partial charge in [0, 0.05) is 17.3 Å². The molecule has 0 saturated heterocycles. The van der Waals surface area contributed by atoms with E-state index < -0.39 is 5.97 Å². The largest absolute Gasteiger partial charge is 0.478 e. The van der Waals surface area contributed by atoms with Gasteiger partial charge in [-0.05, 0) is 48.9 Å². The normalized spacial score (nSPS) is 11.3. The Labute approximate surface area is 136 Å². The molecule has 0 aliphatic rings. The highest BCUT2D eigenvalue weighted by molar-refractivity contribution is 6.04. The average molecular weight is 315 g/mol. The molecule has 0 aliphatic heterocycles. The second-order valence-electron chi connectivity index (χ2n) is 6.62. The van der Waals surface area contributed by atoms with E-state index in [2.05, 4.69) is 25.8 Å². The molecular weight excluding hydrogens is 290 g/mol. The number of carboxylic acid groups (broad SMARTS) is 1. The number of fused-ring (bicyclic) bond motifs is 1. The zero-order valence-corrected chi connectivity index (χ0v) is 14.3. The highest BCUT2D eigenvalue weighted by Crippen LogP contribution is 2.29. The molecule has 1 aromatic carbocycles. The first-order chi connectivity index (χ1) is 10.8. The van der Waals surface area contributed by atoms with Crippen molar-refractivity contribution in [1.82, 2.24) is 4.98 Å². The molecule has 4 nitrogen and oxygen atoms in total. The van der Waals surface area contributed by atoms with Gasteiger partial charge in [0.25, 0.3) is 0 Å². The van der Waals surface area contributed by atoms with Crippen molar-refractivity contribution in [2.45, 2.75) is 53.4 Å². The summed E-state index contributed by atoms with van der Waals surface area (Å²) >= 11 is 0. The van der Waals surface area contributed by atoms with Crippen LogP contribution in [0.1, 0.15) is 72.0 Å². The van der Waals surface area contributed by atoms with Gasteiger partial charge in [0.2, 0.25) is 0 Å². The fourth-order valence-electron chi connectivity index (χ4n) is 2.96. The van der Waals surface area contributed by atoms with Crippen LogP contribution in [0.15, 0.2) is 12.1 Å². The zero-order chi connectivity index (χ0) is 17.1. The maximum absolute atomic E-state index is 12.5. The average Bonchev–Trinajstić information content (AvgIpc) is 2.80. The SMILES string of the molecule is CCCCC(=O)c1[nH]c2cc(C)c(C(=O)O)cc2c1CC(C)C. The summed E-state index contributed by atoms with van der Waals surface area (Å²) in [7, 11) is 0. The number of aromatic nitrogens is 1. The Morgan fingerprint density at radius 1 is 1.26 bits per heavy atom. The second-order valence-corrected chi connectivity index (χ2v) is 6.62. The lowest BCUT2D eigenvalue weighted by atomic mass is 9.95. The Kier molecular flexibility index (Phi) is 5.24. The van der Waals surface area contributed by atoms with E-state index in [0.29, 0.717) is 29.2 Å². The minimum atomic E-state index is -0.931. The van der Waals surface area contributed by atoms with Gasteiger partial charge in [-0.15, -0.1) is 0 Å². The van der Waals surface area contributed by atoms with Crippen molar-refractivity contribution >= 4 is 22.7 Å². The van der Waals surface area contributed by atoms with Crippen LogP contribution in [-0.2, 0) is 6.42 Å². The molecule has 0 aliphatic carbocycles. The number of aryl methyl sites for hydroxylation is 1. The number of aromatic carboxylic acids is 1. The van der Waals surface area contributed by atoms with E-state index >= 15 is 0 Å².